The topological polar surface area (TPSA) is 66.5 Å². The predicted molar refractivity (Wildman–Crippen MR) is 89.3 cm³/mol. The van der Waals surface area contributed by atoms with Gasteiger partial charge in [0.15, 0.2) is 0 Å². The first-order valence-corrected chi connectivity index (χ1v) is 8.18. The molecule has 0 spiro atoms. The molecule has 4 N–H and O–H groups in total. The van der Waals surface area contributed by atoms with Gasteiger partial charge < -0.3 is 15.9 Å². The van der Waals surface area contributed by atoms with E-state index < -0.39 is 6.10 Å². The summed E-state index contributed by atoms with van der Waals surface area (Å²) in [5.74, 6) is 0.284. The summed E-state index contributed by atoms with van der Waals surface area (Å²) in [5.41, 5.74) is 5.87. The normalized spacial score (nSPS) is 15.4. The molecule has 0 radical (unpaired) electrons. The van der Waals surface area contributed by atoms with Crippen LogP contribution in [0.1, 0.15) is 78.1 Å². The van der Waals surface area contributed by atoms with Crippen LogP contribution in [0.15, 0.2) is 0 Å². The van der Waals surface area contributed by atoms with Crippen molar-refractivity contribution in [1.82, 2.24) is 0 Å². The molecule has 20 heavy (non-hydrogen) atoms. The molecular weight excluding hydrogens is 274 g/mol. The molecule has 3 unspecified atom stereocenters. The molecule has 0 saturated heterocycles. The molecule has 0 rings (SSSR count). The summed E-state index contributed by atoms with van der Waals surface area (Å²) in [6, 6.07) is -0.293. The Morgan fingerprint density at radius 2 is 1.35 bits per heavy atom. The number of hydrogen-bond donors (Lipinski definition) is 3. The SMILES string of the molecule is CCCCCCCCCCCC(C)C(N)C(O)CO.Cl. The zero-order valence-corrected chi connectivity index (χ0v) is 14.2. The second-order valence-corrected chi connectivity index (χ2v) is 5.92. The zero-order chi connectivity index (χ0) is 14.5. The highest BCUT2D eigenvalue weighted by molar-refractivity contribution is 5.85. The summed E-state index contributed by atoms with van der Waals surface area (Å²) in [6.07, 6.45) is 12.2. The van der Waals surface area contributed by atoms with Crippen molar-refractivity contribution in [2.45, 2.75) is 90.2 Å². The molecule has 3 nitrogen and oxygen atoms in total. The fourth-order valence-electron chi connectivity index (χ4n) is 2.47. The lowest BCUT2D eigenvalue weighted by Gasteiger charge is -2.23. The molecule has 124 valence electrons. The van der Waals surface area contributed by atoms with Crippen molar-refractivity contribution in [3.63, 3.8) is 0 Å². The summed E-state index contributed by atoms with van der Waals surface area (Å²) in [6.45, 7) is 4.08. The Bertz CT molecular complexity index is 193. The number of nitrogens with two attached hydrogens (primary N) is 1. The van der Waals surface area contributed by atoms with Gasteiger partial charge in [-0.2, -0.15) is 0 Å². The van der Waals surface area contributed by atoms with E-state index in [1.165, 1.54) is 57.8 Å². The highest BCUT2D eigenvalue weighted by atomic mass is 35.5. The molecule has 4 heteroatoms. The van der Waals surface area contributed by atoms with Gasteiger partial charge in [0.1, 0.15) is 0 Å². The van der Waals surface area contributed by atoms with Crippen LogP contribution in [0.5, 0.6) is 0 Å². The van der Waals surface area contributed by atoms with Crippen molar-refractivity contribution in [3.05, 3.63) is 0 Å². The third kappa shape index (κ3) is 12.0. The lowest BCUT2D eigenvalue weighted by Crippen LogP contribution is -2.42. The Morgan fingerprint density at radius 1 is 0.900 bits per heavy atom. The van der Waals surface area contributed by atoms with Crippen LogP contribution in [-0.2, 0) is 0 Å². The smallest absolute Gasteiger partial charge is 0.0923 e. The number of aliphatic hydroxyl groups excluding tert-OH is 2. The molecular formula is C16H36ClNO2. The lowest BCUT2D eigenvalue weighted by molar-refractivity contribution is 0.0572. The Kier molecular flexibility index (Phi) is 17.5. The molecule has 0 aromatic rings. The minimum absolute atomic E-state index is 0. The molecule has 0 amide bonds. The highest BCUT2D eigenvalue weighted by Gasteiger charge is 2.19. The highest BCUT2D eigenvalue weighted by Crippen LogP contribution is 2.16. The van der Waals surface area contributed by atoms with Crippen LogP contribution >= 0.6 is 12.4 Å². The summed E-state index contributed by atoms with van der Waals surface area (Å²) in [5, 5.41) is 18.3. The van der Waals surface area contributed by atoms with Crippen LogP contribution in [-0.4, -0.2) is 29.0 Å². The predicted octanol–water partition coefficient (Wildman–Crippen LogP) is 3.65. The van der Waals surface area contributed by atoms with E-state index in [4.69, 9.17) is 10.8 Å². The van der Waals surface area contributed by atoms with Gasteiger partial charge in [-0.3, -0.25) is 0 Å². The Labute approximate surface area is 131 Å². The van der Waals surface area contributed by atoms with E-state index in [2.05, 4.69) is 13.8 Å². The second kappa shape index (κ2) is 15.6. The average Bonchev–Trinajstić information content (AvgIpc) is 2.43. The second-order valence-electron chi connectivity index (χ2n) is 5.92. The van der Waals surface area contributed by atoms with Gasteiger partial charge >= 0.3 is 0 Å². The third-order valence-electron chi connectivity index (χ3n) is 4.05. The molecule has 0 aromatic heterocycles. The van der Waals surface area contributed by atoms with Gasteiger partial charge in [0.2, 0.25) is 0 Å². The number of hydrogen-bond acceptors (Lipinski definition) is 3. The van der Waals surface area contributed by atoms with Crippen molar-refractivity contribution in [3.8, 4) is 0 Å². The summed E-state index contributed by atoms with van der Waals surface area (Å²) in [7, 11) is 0. The van der Waals surface area contributed by atoms with E-state index in [1.54, 1.807) is 0 Å². The summed E-state index contributed by atoms with van der Waals surface area (Å²) in [4.78, 5) is 0. The number of rotatable bonds is 13. The van der Waals surface area contributed by atoms with Gasteiger partial charge in [-0.15, -0.1) is 12.4 Å². The first kappa shape index (κ1) is 22.5. The molecule has 0 aliphatic rings. The third-order valence-corrected chi connectivity index (χ3v) is 4.05. The molecule has 0 heterocycles. The average molecular weight is 310 g/mol. The minimum Gasteiger partial charge on any atom is -0.394 e. The molecule has 0 aromatic carbocycles. The van der Waals surface area contributed by atoms with E-state index >= 15 is 0 Å². The maximum absolute atomic E-state index is 9.47. The zero-order valence-electron chi connectivity index (χ0n) is 13.4. The molecule has 0 fully saturated rings. The van der Waals surface area contributed by atoms with Crippen LogP contribution < -0.4 is 5.73 Å². The molecule has 0 aliphatic carbocycles. The van der Waals surface area contributed by atoms with Crippen LogP contribution in [0.25, 0.3) is 0 Å². The van der Waals surface area contributed by atoms with Crippen molar-refractivity contribution < 1.29 is 10.2 Å². The van der Waals surface area contributed by atoms with Crippen LogP contribution in [0.2, 0.25) is 0 Å². The van der Waals surface area contributed by atoms with E-state index in [0.29, 0.717) is 0 Å². The first-order valence-electron chi connectivity index (χ1n) is 8.18. The van der Waals surface area contributed by atoms with Crippen LogP contribution in [0.4, 0.5) is 0 Å². The van der Waals surface area contributed by atoms with Gasteiger partial charge in [-0.1, -0.05) is 71.6 Å². The van der Waals surface area contributed by atoms with E-state index in [-0.39, 0.29) is 31.0 Å². The monoisotopic (exact) mass is 309 g/mol. The van der Waals surface area contributed by atoms with Gasteiger partial charge in [0.05, 0.1) is 12.7 Å². The number of aliphatic hydroxyl groups is 2. The molecule has 0 bridgehead atoms. The van der Waals surface area contributed by atoms with E-state index in [9.17, 15) is 5.11 Å². The number of halogens is 1. The van der Waals surface area contributed by atoms with Gasteiger partial charge in [0, 0.05) is 6.04 Å². The van der Waals surface area contributed by atoms with Crippen molar-refractivity contribution >= 4 is 12.4 Å². The Morgan fingerprint density at radius 3 is 1.80 bits per heavy atom. The summed E-state index contributed by atoms with van der Waals surface area (Å²) >= 11 is 0. The number of unbranched alkanes of at least 4 members (excludes halogenated alkanes) is 8. The fraction of sp³-hybridized carbons (Fsp3) is 1.00. The van der Waals surface area contributed by atoms with Crippen molar-refractivity contribution in [1.29, 1.82) is 0 Å². The molecule has 0 saturated carbocycles. The van der Waals surface area contributed by atoms with Crippen LogP contribution in [0.3, 0.4) is 0 Å². The van der Waals surface area contributed by atoms with Gasteiger partial charge in [-0.05, 0) is 12.3 Å². The van der Waals surface area contributed by atoms with E-state index in [0.717, 1.165) is 6.42 Å². The van der Waals surface area contributed by atoms with Gasteiger partial charge in [-0.25, -0.2) is 0 Å². The Balaban J connectivity index is 0. The molecule has 0 aliphatic heterocycles. The fourth-order valence-corrected chi connectivity index (χ4v) is 2.47. The quantitative estimate of drug-likeness (QED) is 0.455. The minimum atomic E-state index is -0.770. The first-order chi connectivity index (χ1) is 9.13. The van der Waals surface area contributed by atoms with Crippen molar-refractivity contribution in [2.75, 3.05) is 6.61 Å². The molecule has 3 atom stereocenters. The van der Waals surface area contributed by atoms with E-state index in [1.807, 2.05) is 0 Å². The van der Waals surface area contributed by atoms with Crippen molar-refractivity contribution in [2.24, 2.45) is 11.7 Å². The lowest BCUT2D eigenvalue weighted by atomic mass is 9.92. The largest absolute Gasteiger partial charge is 0.394 e. The standard InChI is InChI=1S/C16H35NO2.ClH/c1-3-4-5-6-7-8-9-10-11-12-14(2)16(17)15(19)13-18;/h14-16,18-19H,3-13,17H2,1-2H3;1H. The maximum Gasteiger partial charge on any atom is 0.0923 e. The Hall–Kier alpha value is 0.170. The summed E-state index contributed by atoms with van der Waals surface area (Å²) < 4.78 is 0. The maximum atomic E-state index is 9.47. The van der Waals surface area contributed by atoms with Gasteiger partial charge in [0.25, 0.3) is 0 Å². The van der Waals surface area contributed by atoms with Crippen LogP contribution in [0, 0.1) is 5.92 Å².